The lowest BCUT2D eigenvalue weighted by Gasteiger charge is -2.12. The first kappa shape index (κ1) is 18.1. The maximum atomic E-state index is 9.93. The van der Waals surface area contributed by atoms with Crippen LogP contribution in [-0.4, -0.2) is 17.8 Å². The fourth-order valence-corrected chi connectivity index (χ4v) is 2.38. The molecule has 0 saturated heterocycles. The number of aliphatic hydroxyl groups excluding tert-OH is 1. The Balaban J connectivity index is 1.77. The molecule has 2 nitrogen and oxygen atoms in total. The van der Waals surface area contributed by atoms with Gasteiger partial charge in [-0.05, 0) is 42.8 Å². The van der Waals surface area contributed by atoms with Crippen molar-refractivity contribution in [2.45, 2.75) is 45.1 Å². The zero-order valence-corrected chi connectivity index (χ0v) is 14.4. The van der Waals surface area contributed by atoms with Crippen LogP contribution in [-0.2, 0) is 0 Å². The van der Waals surface area contributed by atoms with Crippen LogP contribution in [0.5, 0.6) is 5.75 Å². The zero-order chi connectivity index (χ0) is 17.0. The summed E-state index contributed by atoms with van der Waals surface area (Å²) in [6, 6.07) is 17.6. The van der Waals surface area contributed by atoms with Gasteiger partial charge in [-0.1, -0.05) is 62.6 Å². The molecule has 2 aromatic rings. The maximum Gasteiger partial charge on any atom is 0.119 e. The Morgan fingerprint density at radius 1 is 0.875 bits per heavy atom. The van der Waals surface area contributed by atoms with Crippen molar-refractivity contribution in [1.29, 1.82) is 0 Å². The van der Waals surface area contributed by atoms with Crippen molar-refractivity contribution in [1.82, 2.24) is 0 Å². The van der Waals surface area contributed by atoms with E-state index < -0.39 is 0 Å². The first-order valence-electron chi connectivity index (χ1n) is 8.76. The Bertz CT molecular complexity index is 635. The van der Waals surface area contributed by atoms with E-state index in [0.29, 0.717) is 6.61 Å². The topological polar surface area (TPSA) is 29.5 Å². The van der Waals surface area contributed by atoms with E-state index in [-0.39, 0.29) is 6.10 Å². The third-order valence-corrected chi connectivity index (χ3v) is 3.81. The summed E-state index contributed by atoms with van der Waals surface area (Å²) in [5.74, 6) is 7.04. The predicted molar refractivity (Wildman–Crippen MR) is 99.1 cm³/mol. The van der Waals surface area contributed by atoms with Crippen LogP contribution >= 0.6 is 0 Å². The molecule has 0 radical (unpaired) electrons. The average molecular weight is 322 g/mol. The molecule has 1 atom stereocenters. The minimum absolute atomic E-state index is 0.348. The quantitative estimate of drug-likeness (QED) is 0.559. The average Bonchev–Trinajstić information content (AvgIpc) is 2.63. The lowest BCUT2D eigenvalue weighted by molar-refractivity contribution is 0.0975. The number of hydrogen-bond acceptors (Lipinski definition) is 2. The van der Waals surface area contributed by atoms with Crippen LogP contribution in [0.1, 0.15) is 50.2 Å². The van der Waals surface area contributed by atoms with Crippen LogP contribution in [0.15, 0.2) is 54.6 Å². The Labute approximate surface area is 145 Å². The van der Waals surface area contributed by atoms with Crippen LogP contribution in [0, 0.1) is 11.8 Å². The van der Waals surface area contributed by atoms with Crippen LogP contribution in [0.4, 0.5) is 0 Å². The van der Waals surface area contributed by atoms with Crippen molar-refractivity contribution < 1.29 is 9.84 Å². The lowest BCUT2D eigenvalue weighted by Crippen LogP contribution is -2.17. The zero-order valence-electron chi connectivity index (χ0n) is 14.4. The summed E-state index contributed by atoms with van der Waals surface area (Å²) in [5.41, 5.74) is 1.95. The van der Waals surface area contributed by atoms with Crippen molar-refractivity contribution in [3.63, 3.8) is 0 Å². The number of ether oxygens (including phenoxy) is 1. The summed E-state index contributed by atoms with van der Waals surface area (Å²) in [5, 5.41) is 9.93. The Hall–Kier alpha value is -2.24. The van der Waals surface area contributed by atoms with Crippen LogP contribution < -0.4 is 4.74 Å². The van der Waals surface area contributed by atoms with Crippen molar-refractivity contribution in [3.05, 3.63) is 65.7 Å². The highest BCUT2D eigenvalue weighted by atomic mass is 16.5. The SMILES string of the molecule is CCCCCC[C@H](O)COc1ccc(C#Cc2ccccc2)cc1. The van der Waals surface area contributed by atoms with Gasteiger partial charge in [0.25, 0.3) is 0 Å². The highest BCUT2D eigenvalue weighted by Gasteiger charge is 2.05. The molecule has 126 valence electrons. The van der Waals surface area contributed by atoms with Crippen molar-refractivity contribution in [3.8, 4) is 17.6 Å². The molecule has 0 amide bonds. The monoisotopic (exact) mass is 322 g/mol. The van der Waals surface area contributed by atoms with Gasteiger partial charge in [0.1, 0.15) is 12.4 Å². The number of rotatable bonds is 8. The third kappa shape index (κ3) is 6.89. The van der Waals surface area contributed by atoms with E-state index in [4.69, 9.17) is 4.74 Å². The summed E-state index contributed by atoms with van der Waals surface area (Å²) in [7, 11) is 0. The van der Waals surface area contributed by atoms with Crippen molar-refractivity contribution in [2.24, 2.45) is 0 Å². The summed E-state index contributed by atoms with van der Waals surface area (Å²) in [6.45, 7) is 2.54. The smallest absolute Gasteiger partial charge is 0.119 e. The highest BCUT2D eigenvalue weighted by Crippen LogP contribution is 2.13. The van der Waals surface area contributed by atoms with Gasteiger partial charge in [-0.15, -0.1) is 0 Å². The summed E-state index contributed by atoms with van der Waals surface area (Å²) in [4.78, 5) is 0. The van der Waals surface area contributed by atoms with E-state index in [1.54, 1.807) is 0 Å². The van der Waals surface area contributed by atoms with E-state index in [2.05, 4.69) is 18.8 Å². The van der Waals surface area contributed by atoms with Crippen LogP contribution in [0.2, 0.25) is 0 Å². The minimum atomic E-state index is -0.389. The van der Waals surface area contributed by atoms with E-state index in [9.17, 15) is 5.11 Å². The summed E-state index contributed by atoms with van der Waals surface area (Å²) >= 11 is 0. The molecule has 0 saturated carbocycles. The maximum absolute atomic E-state index is 9.93. The number of hydrogen-bond donors (Lipinski definition) is 1. The van der Waals surface area contributed by atoms with E-state index in [1.807, 2.05) is 54.6 Å². The highest BCUT2D eigenvalue weighted by molar-refractivity contribution is 5.44. The molecule has 0 bridgehead atoms. The summed E-state index contributed by atoms with van der Waals surface area (Å²) < 4.78 is 5.64. The van der Waals surface area contributed by atoms with Crippen LogP contribution in [0.25, 0.3) is 0 Å². The predicted octanol–water partition coefficient (Wildman–Crippen LogP) is 4.80. The van der Waals surface area contributed by atoms with Gasteiger partial charge in [-0.25, -0.2) is 0 Å². The molecular formula is C22H26O2. The molecular weight excluding hydrogens is 296 g/mol. The fraction of sp³-hybridized carbons (Fsp3) is 0.364. The molecule has 1 N–H and O–H groups in total. The number of aliphatic hydroxyl groups is 1. The Morgan fingerprint density at radius 3 is 2.21 bits per heavy atom. The molecule has 0 aliphatic carbocycles. The molecule has 0 heterocycles. The normalized spacial score (nSPS) is 11.4. The molecule has 2 heteroatoms. The van der Waals surface area contributed by atoms with Gasteiger partial charge in [0, 0.05) is 11.1 Å². The molecule has 2 aromatic carbocycles. The fourth-order valence-electron chi connectivity index (χ4n) is 2.38. The third-order valence-electron chi connectivity index (χ3n) is 3.81. The summed E-state index contributed by atoms with van der Waals surface area (Å²) in [6.07, 6.45) is 5.11. The minimum Gasteiger partial charge on any atom is -0.491 e. The first-order chi connectivity index (χ1) is 11.8. The van der Waals surface area contributed by atoms with Gasteiger partial charge in [-0.2, -0.15) is 0 Å². The lowest BCUT2D eigenvalue weighted by atomic mass is 10.1. The van der Waals surface area contributed by atoms with Gasteiger partial charge in [0.15, 0.2) is 0 Å². The molecule has 0 aromatic heterocycles. The molecule has 0 unspecified atom stereocenters. The molecule has 0 aliphatic heterocycles. The second kappa shape index (κ2) is 10.5. The molecule has 0 spiro atoms. The van der Waals surface area contributed by atoms with E-state index in [0.717, 1.165) is 29.7 Å². The van der Waals surface area contributed by atoms with Gasteiger partial charge < -0.3 is 9.84 Å². The second-order valence-electron chi connectivity index (χ2n) is 5.95. The van der Waals surface area contributed by atoms with Gasteiger partial charge in [0.05, 0.1) is 6.10 Å². The van der Waals surface area contributed by atoms with Gasteiger partial charge in [-0.3, -0.25) is 0 Å². The molecule has 24 heavy (non-hydrogen) atoms. The number of unbranched alkanes of at least 4 members (excludes halogenated alkanes) is 3. The van der Waals surface area contributed by atoms with Crippen LogP contribution in [0.3, 0.4) is 0 Å². The largest absolute Gasteiger partial charge is 0.491 e. The Morgan fingerprint density at radius 2 is 1.54 bits per heavy atom. The second-order valence-corrected chi connectivity index (χ2v) is 5.95. The standard InChI is InChI=1S/C22H26O2/c1-2-3-4-8-11-21(23)18-24-22-16-14-20(15-17-22)13-12-19-9-6-5-7-10-19/h5-7,9-10,14-17,21,23H,2-4,8,11,18H2,1H3/t21-/m0/s1. The van der Waals surface area contributed by atoms with Crippen molar-refractivity contribution >= 4 is 0 Å². The Kier molecular flexibility index (Phi) is 7.93. The number of benzene rings is 2. The molecule has 2 rings (SSSR count). The van der Waals surface area contributed by atoms with Gasteiger partial charge in [0.2, 0.25) is 0 Å². The molecule has 0 aliphatic rings. The van der Waals surface area contributed by atoms with Crippen molar-refractivity contribution in [2.75, 3.05) is 6.61 Å². The van der Waals surface area contributed by atoms with E-state index >= 15 is 0 Å². The first-order valence-corrected chi connectivity index (χ1v) is 8.76. The van der Waals surface area contributed by atoms with Gasteiger partial charge >= 0.3 is 0 Å². The van der Waals surface area contributed by atoms with E-state index in [1.165, 1.54) is 19.3 Å². The molecule has 0 fully saturated rings.